The Morgan fingerprint density at radius 3 is 2.30 bits per heavy atom. The lowest BCUT2D eigenvalue weighted by atomic mass is 10.1. The molecule has 0 aliphatic rings. The molecule has 0 spiro atoms. The van der Waals surface area contributed by atoms with E-state index in [2.05, 4.69) is 72.6 Å². The van der Waals surface area contributed by atoms with Crippen LogP contribution in [0.5, 0.6) is 0 Å². The van der Waals surface area contributed by atoms with Gasteiger partial charge in [-0.05, 0) is 33.3 Å². The molecule has 2 aromatic rings. The van der Waals surface area contributed by atoms with E-state index in [1.165, 1.54) is 11.1 Å². The van der Waals surface area contributed by atoms with Crippen LogP contribution in [0.25, 0.3) is 0 Å². The summed E-state index contributed by atoms with van der Waals surface area (Å²) in [7, 11) is 0. The minimum Gasteiger partial charge on any atom is -0.366 e. The zero-order valence-electron chi connectivity index (χ0n) is 12.6. The average molecular weight is 270 g/mol. The Morgan fingerprint density at radius 1 is 1.00 bits per heavy atom. The van der Waals surface area contributed by atoms with Crippen molar-refractivity contribution in [3.05, 3.63) is 47.8 Å². The number of nitrogens with zero attached hydrogens (tertiary/aromatic N) is 2. The summed E-state index contributed by atoms with van der Waals surface area (Å²) in [6.07, 6.45) is 1.57. The number of hydrogen-bond acceptors (Lipinski definition) is 4. The molecule has 1 heterocycles. The van der Waals surface area contributed by atoms with Gasteiger partial charge in [-0.15, -0.1) is 0 Å². The van der Waals surface area contributed by atoms with Crippen LogP contribution in [0.3, 0.4) is 0 Å². The van der Waals surface area contributed by atoms with E-state index >= 15 is 0 Å². The van der Waals surface area contributed by atoms with Gasteiger partial charge in [0.1, 0.15) is 18.0 Å². The highest BCUT2D eigenvalue weighted by atomic mass is 15.1. The monoisotopic (exact) mass is 270 g/mol. The first-order chi connectivity index (χ1) is 9.42. The molecule has 2 rings (SSSR count). The van der Waals surface area contributed by atoms with Gasteiger partial charge in [-0.2, -0.15) is 0 Å². The predicted octanol–water partition coefficient (Wildman–Crippen LogP) is 3.61. The highest BCUT2D eigenvalue weighted by Gasteiger charge is 2.10. The molecule has 20 heavy (non-hydrogen) atoms. The maximum Gasteiger partial charge on any atom is 0.131 e. The van der Waals surface area contributed by atoms with Gasteiger partial charge in [0.15, 0.2) is 0 Å². The van der Waals surface area contributed by atoms with E-state index in [-0.39, 0.29) is 5.54 Å². The van der Waals surface area contributed by atoms with Gasteiger partial charge in [0.05, 0.1) is 0 Å². The van der Waals surface area contributed by atoms with Crippen molar-refractivity contribution in [1.82, 2.24) is 9.97 Å². The molecule has 0 aliphatic heterocycles. The van der Waals surface area contributed by atoms with Crippen molar-refractivity contribution in [2.24, 2.45) is 0 Å². The van der Waals surface area contributed by atoms with E-state index in [0.717, 1.165) is 18.2 Å². The van der Waals surface area contributed by atoms with Crippen LogP contribution in [0.2, 0.25) is 0 Å². The number of aryl methyl sites for hydroxylation is 1. The van der Waals surface area contributed by atoms with Crippen molar-refractivity contribution in [3.8, 4) is 0 Å². The largest absolute Gasteiger partial charge is 0.366 e. The van der Waals surface area contributed by atoms with Crippen LogP contribution >= 0.6 is 0 Å². The molecular weight excluding hydrogens is 248 g/mol. The van der Waals surface area contributed by atoms with Crippen molar-refractivity contribution < 1.29 is 0 Å². The highest BCUT2D eigenvalue weighted by molar-refractivity contribution is 5.47. The molecular formula is C16H22N4. The lowest BCUT2D eigenvalue weighted by Gasteiger charge is -2.21. The van der Waals surface area contributed by atoms with Crippen LogP contribution in [0.4, 0.5) is 11.6 Å². The smallest absolute Gasteiger partial charge is 0.131 e. The summed E-state index contributed by atoms with van der Waals surface area (Å²) >= 11 is 0. The summed E-state index contributed by atoms with van der Waals surface area (Å²) in [5, 5.41) is 6.65. The third-order valence-electron chi connectivity index (χ3n) is 2.76. The van der Waals surface area contributed by atoms with E-state index in [9.17, 15) is 0 Å². The number of hydrogen-bond donors (Lipinski definition) is 2. The Kier molecular flexibility index (Phi) is 4.23. The van der Waals surface area contributed by atoms with Gasteiger partial charge in [0.25, 0.3) is 0 Å². The second-order valence-electron chi connectivity index (χ2n) is 6.00. The Morgan fingerprint density at radius 2 is 1.65 bits per heavy atom. The first-order valence-electron chi connectivity index (χ1n) is 6.82. The van der Waals surface area contributed by atoms with Crippen molar-refractivity contribution in [1.29, 1.82) is 0 Å². The third-order valence-corrected chi connectivity index (χ3v) is 2.76. The quantitative estimate of drug-likeness (QED) is 0.891. The summed E-state index contributed by atoms with van der Waals surface area (Å²) < 4.78 is 0. The molecule has 0 amide bonds. The molecule has 0 fully saturated rings. The molecule has 4 nitrogen and oxygen atoms in total. The van der Waals surface area contributed by atoms with Gasteiger partial charge < -0.3 is 10.6 Å². The average Bonchev–Trinajstić information content (AvgIpc) is 2.36. The van der Waals surface area contributed by atoms with Gasteiger partial charge in [-0.1, -0.05) is 29.8 Å². The van der Waals surface area contributed by atoms with Gasteiger partial charge in [0.2, 0.25) is 0 Å². The molecule has 1 aromatic heterocycles. The van der Waals surface area contributed by atoms with Crippen LogP contribution in [-0.2, 0) is 6.54 Å². The van der Waals surface area contributed by atoms with Gasteiger partial charge in [0, 0.05) is 18.2 Å². The lowest BCUT2D eigenvalue weighted by Crippen LogP contribution is -2.26. The number of benzene rings is 1. The van der Waals surface area contributed by atoms with E-state index in [0.29, 0.717) is 0 Å². The molecule has 1 aromatic carbocycles. The Hall–Kier alpha value is -2.10. The van der Waals surface area contributed by atoms with Gasteiger partial charge in [-0.3, -0.25) is 0 Å². The van der Waals surface area contributed by atoms with Crippen LogP contribution in [0.15, 0.2) is 36.7 Å². The Balaban J connectivity index is 1.99. The van der Waals surface area contributed by atoms with Gasteiger partial charge >= 0.3 is 0 Å². The minimum absolute atomic E-state index is 0.0113. The summed E-state index contributed by atoms with van der Waals surface area (Å²) in [5.74, 6) is 1.66. The van der Waals surface area contributed by atoms with E-state index in [1.807, 2.05) is 6.07 Å². The highest BCUT2D eigenvalue weighted by Crippen LogP contribution is 2.15. The topological polar surface area (TPSA) is 49.8 Å². The SMILES string of the molecule is Cc1ccc(CNc2cc(NC(C)(C)C)ncn2)cc1. The van der Waals surface area contributed by atoms with Crippen LogP contribution in [-0.4, -0.2) is 15.5 Å². The second-order valence-corrected chi connectivity index (χ2v) is 6.00. The molecule has 0 bridgehead atoms. The number of nitrogens with one attached hydrogen (secondary N) is 2. The summed E-state index contributed by atoms with van der Waals surface area (Å²) in [6.45, 7) is 9.16. The molecule has 0 atom stereocenters. The molecule has 4 heteroatoms. The van der Waals surface area contributed by atoms with Crippen molar-refractivity contribution >= 4 is 11.6 Å². The first-order valence-corrected chi connectivity index (χ1v) is 6.82. The summed E-state index contributed by atoms with van der Waals surface area (Å²) in [5.41, 5.74) is 2.50. The molecule has 0 unspecified atom stereocenters. The summed E-state index contributed by atoms with van der Waals surface area (Å²) in [4.78, 5) is 8.47. The first kappa shape index (κ1) is 14.3. The molecule has 0 aliphatic carbocycles. The van der Waals surface area contributed by atoms with Crippen molar-refractivity contribution in [3.63, 3.8) is 0 Å². The van der Waals surface area contributed by atoms with Crippen LogP contribution < -0.4 is 10.6 Å². The zero-order valence-corrected chi connectivity index (χ0v) is 12.6. The number of aromatic nitrogens is 2. The van der Waals surface area contributed by atoms with Crippen molar-refractivity contribution in [2.45, 2.75) is 39.8 Å². The Labute approximate surface area is 120 Å². The fourth-order valence-corrected chi connectivity index (χ4v) is 1.81. The second kappa shape index (κ2) is 5.90. The van der Waals surface area contributed by atoms with Gasteiger partial charge in [-0.25, -0.2) is 9.97 Å². The zero-order chi connectivity index (χ0) is 14.6. The standard InChI is InChI=1S/C16H22N4/c1-12-5-7-13(8-6-12)10-17-14-9-15(19-11-18-14)20-16(2,3)4/h5-9,11H,10H2,1-4H3,(H2,17,18,19,20). The molecule has 2 N–H and O–H groups in total. The maximum atomic E-state index is 4.24. The third kappa shape index (κ3) is 4.53. The van der Waals surface area contributed by atoms with Crippen LogP contribution in [0.1, 0.15) is 31.9 Å². The molecule has 0 radical (unpaired) electrons. The van der Waals surface area contributed by atoms with Crippen LogP contribution in [0, 0.1) is 6.92 Å². The maximum absolute atomic E-state index is 4.24. The fourth-order valence-electron chi connectivity index (χ4n) is 1.81. The molecule has 0 saturated carbocycles. The van der Waals surface area contributed by atoms with Crippen molar-refractivity contribution in [2.75, 3.05) is 10.6 Å². The van der Waals surface area contributed by atoms with E-state index in [4.69, 9.17) is 0 Å². The lowest BCUT2D eigenvalue weighted by molar-refractivity contribution is 0.630. The number of rotatable bonds is 4. The molecule has 0 saturated heterocycles. The number of anilines is 2. The van der Waals surface area contributed by atoms with E-state index in [1.54, 1.807) is 6.33 Å². The van der Waals surface area contributed by atoms with E-state index < -0.39 is 0 Å². The predicted molar refractivity (Wildman–Crippen MR) is 83.9 cm³/mol. The fraction of sp³-hybridized carbons (Fsp3) is 0.375. The minimum atomic E-state index is -0.0113. The summed E-state index contributed by atoms with van der Waals surface area (Å²) in [6, 6.07) is 10.4. The molecule has 106 valence electrons. The Bertz CT molecular complexity index is 555. The normalized spacial score (nSPS) is 11.2.